The van der Waals surface area contributed by atoms with Crippen LogP contribution in [-0.2, 0) is 6.54 Å². The van der Waals surface area contributed by atoms with E-state index in [1.807, 2.05) is 24.3 Å². The van der Waals surface area contributed by atoms with Gasteiger partial charge in [-0.05, 0) is 54.5 Å². The minimum absolute atomic E-state index is 0.175. The lowest BCUT2D eigenvalue weighted by atomic mass is 9.78. The SMILES string of the molecule is COc1ccc(CN2C[C@H]3C[C@@H](Oc4ccc5c(c4)OCO5)[C@H](O)C[C@H]3C2)cc1C(=O)O. The molecule has 2 heterocycles. The fraction of sp³-hybridized carbons (Fsp3) is 0.458. The van der Waals surface area contributed by atoms with Gasteiger partial charge in [0.05, 0.1) is 13.2 Å². The van der Waals surface area contributed by atoms with Crippen LogP contribution in [0.3, 0.4) is 0 Å². The Labute approximate surface area is 186 Å². The zero-order valence-corrected chi connectivity index (χ0v) is 17.9. The highest BCUT2D eigenvalue weighted by molar-refractivity contribution is 5.91. The van der Waals surface area contributed by atoms with E-state index in [0.717, 1.165) is 25.1 Å². The summed E-state index contributed by atoms with van der Waals surface area (Å²) in [5, 5.41) is 20.2. The first kappa shape index (κ1) is 20.9. The van der Waals surface area contributed by atoms with Gasteiger partial charge in [0.1, 0.15) is 23.2 Å². The van der Waals surface area contributed by atoms with Crippen LogP contribution in [0.2, 0.25) is 0 Å². The average molecular weight is 441 g/mol. The molecule has 4 atom stereocenters. The second kappa shape index (κ2) is 8.52. The Morgan fingerprint density at radius 3 is 2.66 bits per heavy atom. The predicted molar refractivity (Wildman–Crippen MR) is 114 cm³/mol. The lowest BCUT2D eigenvalue weighted by Gasteiger charge is -2.35. The van der Waals surface area contributed by atoms with Gasteiger partial charge in [0.2, 0.25) is 6.79 Å². The van der Waals surface area contributed by atoms with Crippen LogP contribution in [0.4, 0.5) is 0 Å². The fourth-order valence-electron chi connectivity index (χ4n) is 5.15. The van der Waals surface area contributed by atoms with Crippen LogP contribution in [0.5, 0.6) is 23.0 Å². The van der Waals surface area contributed by atoms with E-state index in [4.69, 9.17) is 18.9 Å². The number of benzene rings is 2. The molecule has 0 unspecified atom stereocenters. The summed E-state index contributed by atoms with van der Waals surface area (Å²) in [5.41, 5.74) is 1.12. The summed E-state index contributed by atoms with van der Waals surface area (Å²) in [6.07, 6.45) is 0.677. The van der Waals surface area contributed by atoms with Gasteiger partial charge >= 0.3 is 5.97 Å². The molecule has 3 aliphatic rings. The molecule has 5 rings (SSSR count). The second-order valence-electron chi connectivity index (χ2n) is 8.76. The maximum absolute atomic E-state index is 11.5. The summed E-state index contributed by atoms with van der Waals surface area (Å²) in [6.45, 7) is 2.66. The highest BCUT2D eigenvalue weighted by Crippen LogP contribution is 2.40. The van der Waals surface area contributed by atoms with Gasteiger partial charge in [-0.25, -0.2) is 4.79 Å². The molecule has 0 bridgehead atoms. The summed E-state index contributed by atoms with van der Waals surface area (Å²) in [4.78, 5) is 13.8. The van der Waals surface area contributed by atoms with Crippen LogP contribution < -0.4 is 18.9 Å². The van der Waals surface area contributed by atoms with Crippen molar-refractivity contribution < 1.29 is 34.0 Å². The Morgan fingerprint density at radius 2 is 1.88 bits per heavy atom. The first-order valence-corrected chi connectivity index (χ1v) is 10.9. The molecule has 2 aromatic carbocycles. The first-order valence-electron chi connectivity index (χ1n) is 10.9. The van der Waals surface area contributed by atoms with E-state index in [-0.39, 0.29) is 18.5 Å². The van der Waals surface area contributed by atoms with Gasteiger partial charge in [-0.15, -0.1) is 0 Å². The number of likely N-dealkylation sites (tertiary alicyclic amines) is 1. The maximum atomic E-state index is 11.5. The number of hydrogen-bond donors (Lipinski definition) is 2. The van der Waals surface area contributed by atoms with Crippen molar-refractivity contribution in [3.05, 3.63) is 47.5 Å². The number of fused-ring (bicyclic) bond motifs is 2. The fourth-order valence-corrected chi connectivity index (χ4v) is 5.15. The van der Waals surface area contributed by atoms with Crippen molar-refractivity contribution in [2.24, 2.45) is 11.8 Å². The van der Waals surface area contributed by atoms with Gasteiger partial charge in [-0.2, -0.15) is 0 Å². The van der Waals surface area contributed by atoms with Crippen molar-refractivity contribution in [2.75, 3.05) is 27.0 Å². The van der Waals surface area contributed by atoms with E-state index in [0.29, 0.717) is 47.8 Å². The minimum atomic E-state index is -0.995. The third-order valence-electron chi connectivity index (χ3n) is 6.69. The average Bonchev–Trinajstić information content (AvgIpc) is 3.39. The lowest BCUT2D eigenvalue weighted by Crippen LogP contribution is -2.42. The number of aliphatic hydroxyl groups is 1. The van der Waals surface area contributed by atoms with E-state index in [2.05, 4.69) is 4.90 Å². The number of ether oxygens (including phenoxy) is 4. The molecule has 32 heavy (non-hydrogen) atoms. The Bertz CT molecular complexity index is 1010. The molecule has 0 amide bonds. The minimum Gasteiger partial charge on any atom is -0.496 e. The smallest absolute Gasteiger partial charge is 0.339 e. The van der Waals surface area contributed by atoms with E-state index in [1.54, 1.807) is 12.1 Å². The van der Waals surface area contributed by atoms with E-state index in [9.17, 15) is 15.0 Å². The van der Waals surface area contributed by atoms with Crippen molar-refractivity contribution in [1.82, 2.24) is 4.90 Å². The summed E-state index contributed by atoms with van der Waals surface area (Å²) in [7, 11) is 1.47. The maximum Gasteiger partial charge on any atom is 0.339 e. The Morgan fingerprint density at radius 1 is 1.09 bits per heavy atom. The van der Waals surface area contributed by atoms with E-state index < -0.39 is 12.1 Å². The quantitative estimate of drug-likeness (QED) is 0.706. The first-order chi connectivity index (χ1) is 15.5. The van der Waals surface area contributed by atoms with Gasteiger partial charge < -0.3 is 29.2 Å². The summed E-state index contributed by atoms with van der Waals surface area (Å²) in [6, 6.07) is 10.8. The third-order valence-corrected chi connectivity index (χ3v) is 6.69. The van der Waals surface area contributed by atoms with Gasteiger partial charge in [0.15, 0.2) is 11.5 Å². The van der Waals surface area contributed by atoms with Crippen LogP contribution in [0, 0.1) is 11.8 Å². The molecule has 0 radical (unpaired) electrons. The third kappa shape index (κ3) is 4.08. The van der Waals surface area contributed by atoms with Gasteiger partial charge in [-0.3, -0.25) is 4.90 Å². The van der Waals surface area contributed by atoms with Crippen molar-refractivity contribution in [3.8, 4) is 23.0 Å². The number of carboxylic acids is 1. The number of nitrogens with zero attached hydrogens (tertiary/aromatic N) is 1. The molecule has 0 aromatic heterocycles. The van der Waals surface area contributed by atoms with Crippen LogP contribution in [0.1, 0.15) is 28.8 Å². The molecular weight excluding hydrogens is 414 g/mol. The molecule has 1 saturated heterocycles. The number of aromatic carboxylic acids is 1. The zero-order chi connectivity index (χ0) is 22.2. The molecule has 2 aliphatic heterocycles. The molecule has 2 N–H and O–H groups in total. The highest BCUT2D eigenvalue weighted by atomic mass is 16.7. The number of hydrogen-bond acceptors (Lipinski definition) is 7. The number of methoxy groups -OCH3 is 1. The normalized spacial score (nSPS) is 26.6. The Hall–Kier alpha value is -2.97. The van der Waals surface area contributed by atoms with Crippen LogP contribution in [0.15, 0.2) is 36.4 Å². The molecule has 170 valence electrons. The molecule has 8 heteroatoms. The van der Waals surface area contributed by atoms with Crippen molar-refractivity contribution in [3.63, 3.8) is 0 Å². The van der Waals surface area contributed by atoms with Crippen molar-refractivity contribution in [2.45, 2.75) is 31.6 Å². The predicted octanol–water partition coefficient (Wildman–Crippen LogP) is 2.77. The molecule has 1 aliphatic carbocycles. The summed E-state index contributed by atoms with van der Waals surface area (Å²) in [5.74, 6) is 2.24. The van der Waals surface area contributed by atoms with E-state index in [1.165, 1.54) is 7.11 Å². The number of carboxylic acid groups (broad SMARTS) is 1. The molecule has 8 nitrogen and oxygen atoms in total. The largest absolute Gasteiger partial charge is 0.496 e. The molecule has 0 spiro atoms. The van der Waals surface area contributed by atoms with E-state index >= 15 is 0 Å². The van der Waals surface area contributed by atoms with Gasteiger partial charge in [0, 0.05) is 25.7 Å². The Balaban J connectivity index is 1.23. The van der Waals surface area contributed by atoms with Gasteiger partial charge in [0.25, 0.3) is 0 Å². The topological polar surface area (TPSA) is 97.7 Å². The summed E-state index contributed by atoms with van der Waals surface area (Å²) >= 11 is 0. The molecule has 2 aromatic rings. The molecular formula is C24H27NO7. The van der Waals surface area contributed by atoms with Crippen LogP contribution >= 0.6 is 0 Å². The van der Waals surface area contributed by atoms with Crippen LogP contribution in [0.25, 0.3) is 0 Å². The monoisotopic (exact) mass is 441 g/mol. The highest BCUT2D eigenvalue weighted by Gasteiger charge is 2.42. The number of carbonyl (C=O) groups is 1. The molecule has 2 fully saturated rings. The zero-order valence-electron chi connectivity index (χ0n) is 17.9. The Kier molecular flexibility index (Phi) is 5.57. The lowest BCUT2D eigenvalue weighted by molar-refractivity contribution is -0.0232. The van der Waals surface area contributed by atoms with Crippen LogP contribution in [-0.4, -0.2) is 60.3 Å². The number of rotatable bonds is 6. The van der Waals surface area contributed by atoms with Crippen molar-refractivity contribution >= 4 is 5.97 Å². The second-order valence-corrected chi connectivity index (χ2v) is 8.76. The standard InChI is InChI=1S/C24H27NO7/c1-29-20-4-2-14(6-18(20)24(27)28)10-25-11-15-7-19(26)22(8-16(15)12-25)32-17-3-5-21-23(9-17)31-13-30-21/h2-6,9,15-16,19,22,26H,7-8,10-13H2,1H3,(H,27,28)/t15-,16+,19+,22+/m0/s1. The summed E-state index contributed by atoms with van der Waals surface area (Å²) < 4.78 is 22.1. The van der Waals surface area contributed by atoms with Crippen molar-refractivity contribution in [1.29, 1.82) is 0 Å². The van der Waals surface area contributed by atoms with Gasteiger partial charge in [-0.1, -0.05) is 6.07 Å². The molecule has 1 saturated carbocycles. The number of aliphatic hydroxyl groups excluding tert-OH is 1.